The number of fused-ring (bicyclic) bond motifs is 3. The van der Waals surface area contributed by atoms with Gasteiger partial charge in [-0.25, -0.2) is 0 Å². The molecule has 11 heteroatoms. The van der Waals surface area contributed by atoms with E-state index >= 15 is 0 Å². The predicted octanol–water partition coefficient (Wildman–Crippen LogP) is 3.67. The molecular formula is C20H18ClN5O3S2. The van der Waals surface area contributed by atoms with Gasteiger partial charge in [-0.15, -0.1) is 21.5 Å². The minimum Gasteiger partial charge on any atom is -0.376 e. The molecule has 160 valence electrons. The molecule has 8 nitrogen and oxygen atoms in total. The number of hydrogen-bond acceptors (Lipinski definition) is 7. The molecule has 4 heterocycles. The molecule has 0 spiro atoms. The van der Waals surface area contributed by atoms with Gasteiger partial charge in [0.05, 0.1) is 23.9 Å². The predicted molar refractivity (Wildman–Crippen MR) is 122 cm³/mol. The number of aromatic nitrogens is 4. The Morgan fingerprint density at radius 2 is 2.26 bits per heavy atom. The highest BCUT2D eigenvalue weighted by Gasteiger charge is 2.22. The highest BCUT2D eigenvalue weighted by molar-refractivity contribution is 7.99. The first-order valence-corrected chi connectivity index (χ1v) is 12.0. The van der Waals surface area contributed by atoms with Crippen LogP contribution in [-0.4, -0.2) is 43.5 Å². The van der Waals surface area contributed by atoms with Gasteiger partial charge < -0.3 is 10.1 Å². The van der Waals surface area contributed by atoms with Crippen LogP contribution in [0.3, 0.4) is 0 Å². The van der Waals surface area contributed by atoms with E-state index in [4.69, 9.17) is 16.3 Å². The zero-order valence-electron chi connectivity index (χ0n) is 16.3. The normalized spacial score (nSPS) is 16.4. The van der Waals surface area contributed by atoms with Gasteiger partial charge in [0.25, 0.3) is 5.56 Å². The Morgan fingerprint density at radius 3 is 3.06 bits per heavy atom. The van der Waals surface area contributed by atoms with Crippen molar-refractivity contribution in [2.45, 2.75) is 30.6 Å². The van der Waals surface area contributed by atoms with Gasteiger partial charge in [0.1, 0.15) is 4.70 Å². The zero-order valence-corrected chi connectivity index (χ0v) is 18.7. The number of carbonyl (C=O) groups excluding carboxylic acids is 1. The van der Waals surface area contributed by atoms with Crippen molar-refractivity contribution in [3.63, 3.8) is 0 Å². The van der Waals surface area contributed by atoms with E-state index in [0.29, 0.717) is 39.5 Å². The Labute approximate surface area is 190 Å². The van der Waals surface area contributed by atoms with Crippen molar-refractivity contribution in [2.75, 3.05) is 17.7 Å². The fourth-order valence-corrected chi connectivity index (χ4v) is 5.40. The first-order chi connectivity index (χ1) is 15.1. The third-order valence-electron chi connectivity index (χ3n) is 5.03. The Hall–Kier alpha value is -2.40. The van der Waals surface area contributed by atoms with Crippen molar-refractivity contribution in [1.82, 2.24) is 19.2 Å². The van der Waals surface area contributed by atoms with Gasteiger partial charge in [-0.05, 0) is 42.5 Å². The number of halogens is 1. The minimum absolute atomic E-state index is 0.00445. The number of thioether (sulfide) groups is 1. The molecule has 4 aromatic rings. The van der Waals surface area contributed by atoms with E-state index in [2.05, 4.69) is 15.5 Å². The van der Waals surface area contributed by atoms with Crippen LogP contribution in [0, 0.1) is 0 Å². The number of anilines is 1. The van der Waals surface area contributed by atoms with Crippen LogP contribution in [-0.2, 0) is 16.1 Å². The summed E-state index contributed by atoms with van der Waals surface area (Å²) in [5.74, 6) is 0.423. The molecule has 1 aliphatic heterocycles. The average molecular weight is 476 g/mol. The van der Waals surface area contributed by atoms with Gasteiger partial charge in [0, 0.05) is 17.3 Å². The maximum atomic E-state index is 13.1. The van der Waals surface area contributed by atoms with Crippen LogP contribution in [0.2, 0.25) is 5.02 Å². The molecule has 1 N–H and O–H groups in total. The van der Waals surface area contributed by atoms with Crippen molar-refractivity contribution < 1.29 is 9.53 Å². The van der Waals surface area contributed by atoms with Crippen LogP contribution < -0.4 is 10.9 Å². The first-order valence-electron chi connectivity index (χ1n) is 9.75. The van der Waals surface area contributed by atoms with Crippen LogP contribution in [0.4, 0.5) is 5.69 Å². The quantitative estimate of drug-likeness (QED) is 0.428. The molecule has 1 atom stereocenters. The molecule has 0 bridgehead atoms. The maximum absolute atomic E-state index is 13.1. The Balaban J connectivity index is 1.43. The number of thiophene rings is 1. The fourth-order valence-electron chi connectivity index (χ4n) is 3.64. The monoisotopic (exact) mass is 475 g/mol. The van der Waals surface area contributed by atoms with E-state index in [9.17, 15) is 9.59 Å². The van der Waals surface area contributed by atoms with E-state index < -0.39 is 0 Å². The summed E-state index contributed by atoms with van der Waals surface area (Å²) in [5.41, 5.74) is 1.29. The zero-order chi connectivity index (χ0) is 21.4. The molecule has 1 amide bonds. The first kappa shape index (κ1) is 20.5. The van der Waals surface area contributed by atoms with Crippen molar-refractivity contribution >= 4 is 62.3 Å². The summed E-state index contributed by atoms with van der Waals surface area (Å²) in [4.78, 5) is 25.5. The lowest BCUT2D eigenvalue weighted by Gasteiger charge is -2.13. The molecule has 0 aliphatic carbocycles. The van der Waals surface area contributed by atoms with Gasteiger partial charge in [-0.3, -0.25) is 18.6 Å². The second-order valence-corrected chi connectivity index (χ2v) is 9.45. The van der Waals surface area contributed by atoms with Crippen molar-refractivity contribution in [3.05, 3.63) is 51.1 Å². The summed E-state index contributed by atoms with van der Waals surface area (Å²) in [6, 6.07) is 8.87. The van der Waals surface area contributed by atoms with Gasteiger partial charge in [-0.1, -0.05) is 29.4 Å². The highest BCUT2D eigenvalue weighted by atomic mass is 35.5. The number of rotatable bonds is 6. The maximum Gasteiger partial charge on any atom is 0.272 e. The lowest BCUT2D eigenvalue weighted by Crippen LogP contribution is -2.28. The number of carbonyl (C=O) groups is 1. The Bertz CT molecular complexity index is 1330. The summed E-state index contributed by atoms with van der Waals surface area (Å²) < 4.78 is 9.84. The third kappa shape index (κ3) is 4.08. The van der Waals surface area contributed by atoms with E-state index in [1.165, 1.54) is 23.1 Å². The highest BCUT2D eigenvalue weighted by Crippen LogP contribution is 2.25. The third-order valence-corrected chi connectivity index (χ3v) is 7.09. The van der Waals surface area contributed by atoms with Gasteiger partial charge in [-0.2, -0.15) is 0 Å². The second kappa shape index (κ2) is 8.62. The molecule has 0 saturated carbocycles. The topological polar surface area (TPSA) is 90.5 Å². The second-order valence-electron chi connectivity index (χ2n) is 7.15. The van der Waals surface area contributed by atoms with Crippen LogP contribution >= 0.6 is 34.7 Å². The number of amides is 1. The minimum atomic E-state index is -0.182. The summed E-state index contributed by atoms with van der Waals surface area (Å²) in [6.45, 7) is 1.15. The number of ether oxygens (including phenoxy) is 1. The fraction of sp³-hybridized carbons (Fsp3) is 0.300. The molecule has 0 unspecified atom stereocenters. The summed E-state index contributed by atoms with van der Waals surface area (Å²) in [6.07, 6.45) is 1.91. The summed E-state index contributed by atoms with van der Waals surface area (Å²) >= 11 is 8.63. The lowest BCUT2D eigenvalue weighted by atomic mass is 10.2. The molecule has 1 aliphatic rings. The van der Waals surface area contributed by atoms with Crippen molar-refractivity contribution in [1.29, 1.82) is 0 Å². The summed E-state index contributed by atoms with van der Waals surface area (Å²) in [7, 11) is 0. The van der Waals surface area contributed by atoms with E-state index in [1.54, 1.807) is 28.8 Å². The van der Waals surface area contributed by atoms with Crippen molar-refractivity contribution in [3.8, 4) is 0 Å². The van der Waals surface area contributed by atoms with Crippen LogP contribution in [0.1, 0.15) is 12.8 Å². The lowest BCUT2D eigenvalue weighted by molar-refractivity contribution is -0.113. The van der Waals surface area contributed by atoms with Crippen LogP contribution in [0.5, 0.6) is 0 Å². The van der Waals surface area contributed by atoms with Crippen molar-refractivity contribution in [2.24, 2.45) is 0 Å². The number of nitrogens with zero attached hydrogens (tertiary/aromatic N) is 4. The molecule has 5 rings (SSSR count). The number of hydrogen-bond donors (Lipinski definition) is 1. The SMILES string of the molecule is O=C(CSc1nnc2n(C[C@H]3CCCO3)c(=O)c3sccc3n12)Nc1cccc(Cl)c1. The van der Waals surface area contributed by atoms with Crippen LogP contribution in [0.15, 0.2) is 45.7 Å². The average Bonchev–Trinajstić information content (AvgIpc) is 3.50. The van der Waals surface area contributed by atoms with Gasteiger partial charge >= 0.3 is 0 Å². The van der Waals surface area contributed by atoms with Gasteiger partial charge in [0.2, 0.25) is 11.7 Å². The molecule has 3 aromatic heterocycles. The Kier molecular flexibility index (Phi) is 5.70. The van der Waals surface area contributed by atoms with E-state index in [-0.39, 0.29) is 23.3 Å². The largest absolute Gasteiger partial charge is 0.376 e. The van der Waals surface area contributed by atoms with Crippen LogP contribution in [0.25, 0.3) is 16.0 Å². The molecular weight excluding hydrogens is 458 g/mol. The van der Waals surface area contributed by atoms with Gasteiger partial charge in [0.15, 0.2) is 5.16 Å². The van der Waals surface area contributed by atoms with E-state index in [1.807, 2.05) is 15.8 Å². The Morgan fingerprint density at radius 1 is 1.35 bits per heavy atom. The van der Waals surface area contributed by atoms with E-state index in [0.717, 1.165) is 18.4 Å². The molecule has 1 saturated heterocycles. The summed E-state index contributed by atoms with van der Waals surface area (Å²) in [5, 5.41) is 14.4. The smallest absolute Gasteiger partial charge is 0.272 e. The standard InChI is InChI=1S/C20H18ClN5O3S2/c21-12-3-1-4-13(9-12)22-16(27)11-31-20-24-23-19-25(10-14-5-2-7-29-14)18(28)17-15(26(19)20)6-8-30-17/h1,3-4,6,8-9,14H,2,5,7,10-11H2,(H,22,27)/t14-/m1/s1. The molecule has 1 aromatic carbocycles. The number of nitrogens with one attached hydrogen (secondary N) is 1. The molecule has 0 radical (unpaired) electrons. The molecule has 31 heavy (non-hydrogen) atoms. The number of benzene rings is 1. The molecule has 1 fully saturated rings.